The summed E-state index contributed by atoms with van der Waals surface area (Å²) in [6.07, 6.45) is 4.69. The van der Waals surface area contributed by atoms with Crippen LogP contribution in [0.4, 0.5) is 0 Å². The van der Waals surface area contributed by atoms with Gasteiger partial charge in [0.25, 0.3) is 0 Å². The van der Waals surface area contributed by atoms with Gasteiger partial charge in [0.15, 0.2) is 0 Å². The van der Waals surface area contributed by atoms with Crippen LogP contribution in [-0.2, 0) is 11.3 Å². The first-order valence-corrected chi connectivity index (χ1v) is 4.04. The molecule has 0 saturated heterocycles. The van der Waals surface area contributed by atoms with E-state index in [4.69, 9.17) is 10.00 Å². The van der Waals surface area contributed by atoms with Gasteiger partial charge in [0, 0.05) is 18.0 Å². The Morgan fingerprint density at radius 1 is 1.64 bits per heavy atom. The maximum atomic E-state index is 8.62. The Morgan fingerprint density at radius 3 is 3.07 bits per heavy atom. The number of ether oxygens (including phenoxy) is 1. The highest BCUT2D eigenvalue weighted by molar-refractivity contribution is 5.28. The summed E-state index contributed by atoms with van der Waals surface area (Å²) in [5, 5.41) is 8.62. The zero-order valence-corrected chi connectivity index (χ0v) is 7.73. The van der Waals surface area contributed by atoms with Crippen molar-refractivity contribution < 1.29 is 4.74 Å². The van der Waals surface area contributed by atoms with E-state index in [1.807, 2.05) is 6.07 Å². The average Bonchev–Trinajstić information content (AvgIpc) is 2.26. The van der Waals surface area contributed by atoms with E-state index < -0.39 is 0 Å². The molecule has 0 unspecified atom stereocenters. The van der Waals surface area contributed by atoms with Crippen LogP contribution in [0.15, 0.2) is 43.5 Å². The van der Waals surface area contributed by atoms with Gasteiger partial charge in [-0.1, -0.05) is 13.2 Å². The Bertz CT molecular complexity index is 391. The Hall–Kier alpha value is -2.08. The van der Waals surface area contributed by atoms with Crippen molar-refractivity contribution in [3.05, 3.63) is 54.6 Å². The summed E-state index contributed by atoms with van der Waals surface area (Å²) in [4.78, 5) is 3.90. The maximum absolute atomic E-state index is 8.62. The van der Waals surface area contributed by atoms with Crippen molar-refractivity contribution in [2.45, 2.75) is 6.61 Å². The largest absolute Gasteiger partial charge is 0.490 e. The number of rotatable bonds is 4. The van der Waals surface area contributed by atoms with Crippen molar-refractivity contribution in [3.63, 3.8) is 0 Å². The van der Waals surface area contributed by atoms with Gasteiger partial charge in [-0.2, -0.15) is 5.26 Å². The number of aromatic nitrogens is 1. The average molecular weight is 186 g/mol. The van der Waals surface area contributed by atoms with E-state index in [0.717, 1.165) is 5.56 Å². The SMILES string of the molecule is C=CC(=C)OCc1cncc(C#N)c1. The van der Waals surface area contributed by atoms with E-state index >= 15 is 0 Å². The molecule has 0 amide bonds. The molecular formula is C11H10N2O. The van der Waals surface area contributed by atoms with Crippen molar-refractivity contribution in [3.8, 4) is 6.07 Å². The maximum Gasteiger partial charge on any atom is 0.115 e. The molecule has 1 rings (SSSR count). The highest BCUT2D eigenvalue weighted by Gasteiger charge is 1.96. The first kappa shape index (κ1) is 10.0. The Balaban J connectivity index is 2.64. The Morgan fingerprint density at radius 2 is 2.43 bits per heavy atom. The predicted molar refractivity (Wildman–Crippen MR) is 53.1 cm³/mol. The molecule has 1 aromatic rings. The molecule has 0 bridgehead atoms. The van der Waals surface area contributed by atoms with Gasteiger partial charge in [-0.25, -0.2) is 0 Å². The van der Waals surface area contributed by atoms with E-state index in [9.17, 15) is 0 Å². The first-order chi connectivity index (χ1) is 6.76. The molecular weight excluding hydrogens is 176 g/mol. The van der Waals surface area contributed by atoms with Gasteiger partial charge in [0.05, 0.1) is 5.56 Å². The van der Waals surface area contributed by atoms with Gasteiger partial charge in [-0.3, -0.25) is 4.98 Å². The van der Waals surface area contributed by atoms with Crippen molar-refractivity contribution in [1.29, 1.82) is 5.26 Å². The minimum absolute atomic E-state index is 0.355. The summed E-state index contributed by atoms with van der Waals surface area (Å²) in [6.45, 7) is 7.47. The number of nitriles is 1. The van der Waals surface area contributed by atoms with Crippen LogP contribution in [0.1, 0.15) is 11.1 Å². The molecule has 1 heterocycles. The highest BCUT2D eigenvalue weighted by Crippen LogP contribution is 2.06. The van der Waals surface area contributed by atoms with Crippen molar-refractivity contribution in [2.24, 2.45) is 0 Å². The molecule has 0 aliphatic carbocycles. The molecule has 0 radical (unpaired) electrons. The van der Waals surface area contributed by atoms with Gasteiger partial charge >= 0.3 is 0 Å². The molecule has 14 heavy (non-hydrogen) atoms. The fourth-order valence-corrected chi connectivity index (χ4v) is 0.863. The fraction of sp³-hybridized carbons (Fsp3) is 0.0909. The van der Waals surface area contributed by atoms with E-state index in [-0.39, 0.29) is 0 Å². The fourth-order valence-electron chi connectivity index (χ4n) is 0.863. The molecule has 0 saturated carbocycles. The van der Waals surface area contributed by atoms with Gasteiger partial charge < -0.3 is 4.74 Å². The molecule has 70 valence electrons. The molecule has 3 nitrogen and oxygen atoms in total. The third-order valence-corrected chi connectivity index (χ3v) is 1.58. The van der Waals surface area contributed by atoms with Crippen LogP contribution in [0.25, 0.3) is 0 Å². The molecule has 0 aliphatic rings. The third kappa shape index (κ3) is 2.76. The highest BCUT2D eigenvalue weighted by atomic mass is 16.5. The zero-order chi connectivity index (χ0) is 10.4. The summed E-state index contributed by atoms with van der Waals surface area (Å²) in [5.74, 6) is 0.507. The molecule has 0 N–H and O–H groups in total. The van der Waals surface area contributed by atoms with Gasteiger partial charge in [-0.15, -0.1) is 0 Å². The molecule has 1 aromatic heterocycles. The van der Waals surface area contributed by atoms with Crippen molar-refractivity contribution >= 4 is 0 Å². The molecule has 0 fully saturated rings. The number of allylic oxidation sites excluding steroid dienone is 1. The predicted octanol–water partition coefficient (Wildman–Crippen LogP) is 2.17. The minimum Gasteiger partial charge on any atom is -0.490 e. The van der Waals surface area contributed by atoms with Crippen LogP contribution in [0.3, 0.4) is 0 Å². The van der Waals surface area contributed by atoms with E-state index in [2.05, 4.69) is 18.1 Å². The Kier molecular flexibility index (Phi) is 3.45. The molecule has 0 aliphatic heterocycles. The van der Waals surface area contributed by atoms with Crippen molar-refractivity contribution in [2.75, 3.05) is 0 Å². The molecule has 0 atom stereocenters. The van der Waals surface area contributed by atoms with Crippen LogP contribution in [0.5, 0.6) is 0 Å². The topological polar surface area (TPSA) is 45.9 Å². The summed E-state index contributed by atoms with van der Waals surface area (Å²) in [5.41, 5.74) is 1.36. The molecule has 0 aromatic carbocycles. The van der Waals surface area contributed by atoms with E-state index in [1.165, 1.54) is 12.3 Å². The second-order valence-corrected chi connectivity index (χ2v) is 2.65. The Labute approximate surface area is 83.0 Å². The first-order valence-electron chi connectivity index (χ1n) is 4.04. The smallest absolute Gasteiger partial charge is 0.115 e. The van der Waals surface area contributed by atoms with Crippen LogP contribution < -0.4 is 0 Å². The lowest BCUT2D eigenvalue weighted by atomic mass is 10.2. The summed E-state index contributed by atoms with van der Waals surface area (Å²) in [6, 6.07) is 3.73. The lowest BCUT2D eigenvalue weighted by Gasteiger charge is -2.04. The van der Waals surface area contributed by atoms with Crippen LogP contribution in [0, 0.1) is 11.3 Å². The van der Waals surface area contributed by atoms with Crippen LogP contribution >= 0.6 is 0 Å². The van der Waals surface area contributed by atoms with Crippen LogP contribution in [0.2, 0.25) is 0 Å². The number of nitrogens with zero attached hydrogens (tertiary/aromatic N) is 2. The number of hydrogen-bond acceptors (Lipinski definition) is 3. The quantitative estimate of drug-likeness (QED) is 0.534. The van der Waals surface area contributed by atoms with Gasteiger partial charge in [0.2, 0.25) is 0 Å². The third-order valence-electron chi connectivity index (χ3n) is 1.58. The molecule has 0 spiro atoms. The van der Waals surface area contributed by atoms with Gasteiger partial charge in [0.1, 0.15) is 18.4 Å². The van der Waals surface area contributed by atoms with Gasteiger partial charge in [-0.05, 0) is 12.1 Å². The monoisotopic (exact) mass is 186 g/mol. The summed E-state index contributed by atoms with van der Waals surface area (Å²) in [7, 11) is 0. The lowest BCUT2D eigenvalue weighted by Crippen LogP contribution is -1.92. The lowest BCUT2D eigenvalue weighted by molar-refractivity contribution is 0.212. The normalized spacial score (nSPS) is 8.79. The molecule has 3 heteroatoms. The second-order valence-electron chi connectivity index (χ2n) is 2.65. The minimum atomic E-state index is 0.355. The standard InChI is InChI=1S/C11H10N2O/c1-3-9(2)14-8-11-4-10(5-12)6-13-7-11/h3-4,6-7H,1-2,8H2. The number of pyridine rings is 1. The summed E-state index contributed by atoms with van der Waals surface area (Å²) >= 11 is 0. The summed E-state index contributed by atoms with van der Waals surface area (Å²) < 4.78 is 5.21. The van der Waals surface area contributed by atoms with E-state index in [0.29, 0.717) is 17.9 Å². The van der Waals surface area contributed by atoms with E-state index in [1.54, 1.807) is 12.3 Å². The second kappa shape index (κ2) is 4.83. The number of hydrogen-bond donors (Lipinski definition) is 0. The zero-order valence-electron chi connectivity index (χ0n) is 7.73. The van der Waals surface area contributed by atoms with Crippen LogP contribution in [-0.4, -0.2) is 4.98 Å². The van der Waals surface area contributed by atoms with Crippen molar-refractivity contribution in [1.82, 2.24) is 4.98 Å².